The molecule has 0 spiro atoms. The van der Waals surface area contributed by atoms with E-state index in [1.807, 2.05) is 66.7 Å². The van der Waals surface area contributed by atoms with Crippen molar-refractivity contribution in [1.82, 2.24) is 0 Å². The Morgan fingerprint density at radius 3 is 2.23 bits per heavy atom. The third-order valence-corrected chi connectivity index (χ3v) is 6.79. The molecule has 1 amide bonds. The highest BCUT2D eigenvalue weighted by atomic mass is 16.5. The lowest BCUT2D eigenvalue weighted by Gasteiger charge is -2.52. The van der Waals surface area contributed by atoms with Gasteiger partial charge in [0.05, 0.1) is 44.1 Å². The largest absolute Gasteiger partial charge is 0.497 e. The molecule has 0 N–H and O–H groups in total. The molecule has 35 heavy (non-hydrogen) atoms. The number of anilines is 1. The van der Waals surface area contributed by atoms with Crippen molar-refractivity contribution in [3.63, 3.8) is 0 Å². The SMILES string of the molecule is CCOC(=O)[C@@H]1[C@H]([C@@H]2C(=O)N(c3ccccc3)[C@H]2c2ccc(OC)cc2)C=CC[C@H]1C(=O)OCC. The van der Waals surface area contributed by atoms with E-state index in [1.54, 1.807) is 25.9 Å². The molecule has 1 aliphatic heterocycles. The van der Waals surface area contributed by atoms with E-state index in [0.29, 0.717) is 12.2 Å². The molecule has 0 saturated carbocycles. The van der Waals surface area contributed by atoms with Gasteiger partial charge in [-0.2, -0.15) is 0 Å². The molecule has 7 nitrogen and oxygen atoms in total. The third kappa shape index (κ3) is 4.67. The molecule has 0 bridgehead atoms. The minimum Gasteiger partial charge on any atom is -0.497 e. The first-order chi connectivity index (χ1) is 17.0. The maximum absolute atomic E-state index is 13.7. The van der Waals surface area contributed by atoms with Crippen LogP contribution < -0.4 is 9.64 Å². The van der Waals surface area contributed by atoms with Crippen LogP contribution in [-0.4, -0.2) is 38.2 Å². The maximum atomic E-state index is 13.7. The van der Waals surface area contributed by atoms with Crippen LogP contribution in [0.5, 0.6) is 5.75 Å². The fraction of sp³-hybridized carbons (Fsp3) is 0.393. The van der Waals surface area contributed by atoms with Gasteiger partial charge in [0.1, 0.15) is 5.75 Å². The van der Waals surface area contributed by atoms with Crippen LogP contribution in [0.3, 0.4) is 0 Å². The Morgan fingerprint density at radius 1 is 0.943 bits per heavy atom. The lowest BCUT2D eigenvalue weighted by Crippen LogP contribution is -2.60. The molecule has 2 aromatic rings. The van der Waals surface area contributed by atoms with Gasteiger partial charge in [0.25, 0.3) is 0 Å². The zero-order chi connectivity index (χ0) is 24.9. The molecule has 0 aromatic heterocycles. The standard InChI is InChI=1S/C28H31NO6/c1-4-34-27(31)22-13-9-12-21(23(22)28(32)35-5-2)24-25(18-14-16-20(33-3)17-15-18)29(26(24)30)19-10-7-6-8-11-19/h6-12,14-17,21-25H,4-5,13H2,1-3H3/t21-,22-,23-,24+,25+/m1/s1. The first-order valence-electron chi connectivity index (χ1n) is 12.0. The van der Waals surface area contributed by atoms with Crippen LogP contribution in [0.1, 0.15) is 31.9 Å². The van der Waals surface area contributed by atoms with E-state index in [0.717, 1.165) is 11.3 Å². The molecule has 0 radical (unpaired) electrons. The molecule has 1 heterocycles. The monoisotopic (exact) mass is 477 g/mol. The summed E-state index contributed by atoms with van der Waals surface area (Å²) in [4.78, 5) is 41.4. The first kappa shape index (κ1) is 24.5. The van der Waals surface area contributed by atoms with Crippen molar-refractivity contribution in [2.24, 2.45) is 23.7 Å². The molecule has 2 aliphatic rings. The molecule has 1 aliphatic carbocycles. The van der Waals surface area contributed by atoms with Gasteiger partial charge in [-0.15, -0.1) is 0 Å². The fourth-order valence-electron chi connectivity index (χ4n) is 5.23. The number of ether oxygens (including phenoxy) is 3. The number of nitrogens with zero attached hydrogens (tertiary/aromatic N) is 1. The molecule has 1 fully saturated rings. The van der Waals surface area contributed by atoms with E-state index in [9.17, 15) is 14.4 Å². The van der Waals surface area contributed by atoms with Gasteiger partial charge < -0.3 is 19.1 Å². The Kier molecular flexibility index (Phi) is 7.54. The quantitative estimate of drug-likeness (QED) is 0.320. The van der Waals surface area contributed by atoms with Crippen LogP contribution in [0, 0.1) is 23.7 Å². The van der Waals surface area contributed by atoms with Gasteiger partial charge in [-0.3, -0.25) is 14.4 Å². The van der Waals surface area contributed by atoms with Gasteiger partial charge in [-0.1, -0.05) is 42.5 Å². The fourth-order valence-corrected chi connectivity index (χ4v) is 5.23. The summed E-state index contributed by atoms with van der Waals surface area (Å²) >= 11 is 0. The number of para-hydroxylation sites is 1. The number of carbonyl (C=O) groups excluding carboxylic acids is 3. The molecule has 1 saturated heterocycles. The smallest absolute Gasteiger partial charge is 0.310 e. The molecular weight excluding hydrogens is 446 g/mol. The number of benzene rings is 2. The Labute approximate surface area is 205 Å². The summed E-state index contributed by atoms with van der Waals surface area (Å²) in [5, 5.41) is 0. The number of amides is 1. The molecule has 0 unspecified atom stereocenters. The molecule has 5 atom stereocenters. The lowest BCUT2D eigenvalue weighted by molar-refractivity contribution is -0.164. The highest BCUT2D eigenvalue weighted by Crippen LogP contribution is 2.51. The van der Waals surface area contributed by atoms with Crippen LogP contribution in [0.4, 0.5) is 5.69 Å². The van der Waals surface area contributed by atoms with Gasteiger partial charge in [0, 0.05) is 11.6 Å². The van der Waals surface area contributed by atoms with E-state index in [4.69, 9.17) is 14.2 Å². The number of allylic oxidation sites excluding steroid dienone is 2. The van der Waals surface area contributed by atoms with E-state index in [-0.39, 0.29) is 25.2 Å². The van der Waals surface area contributed by atoms with Gasteiger partial charge in [-0.05, 0) is 50.1 Å². The van der Waals surface area contributed by atoms with Gasteiger partial charge in [0.2, 0.25) is 5.91 Å². The summed E-state index contributed by atoms with van der Waals surface area (Å²) in [6, 6.07) is 16.7. The van der Waals surface area contributed by atoms with Crippen molar-refractivity contribution in [2.75, 3.05) is 25.2 Å². The van der Waals surface area contributed by atoms with Crippen molar-refractivity contribution >= 4 is 23.5 Å². The van der Waals surface area contributed by atoms with Crippen molar-refractivity contribution in [2.45, 2.75) is 26.3 Å². The maximum Gasteiger partial charge on any atom is 0.310 e. The van der Waals surface area contributed by atoms with E-state index >= 15 is 0 Å². The van der Waals surface area contributed by atoms with Gasteiger partial charge in [-0.25, -0.2) is 0 Å². The summed E-state index contributed by atoms with van der Waals surface area (Å²) in [7, 11) is 1.60. The van der Waals surface area contributed by atoms with Crippen molar-refractivity contribution in [1.29, 1.82) is 0 Å². The summed E-state index contributed by atoms with van der Waals surface area (Å²) in [5.41, 5.74) is 1.71. The van der Waals surface area contributed by atoms with E-state index < -0.39 is 35.6 Å². The molecular formula is C28H31NO6. The van der Waals surface area contributed by atoms with Crippen LogP contribution in [-0.2, 0) is 23.9 Å². The van der Waals surface area contributed by atoms with Crippen LogP contribution in [0.2, 0.25) is 0 Å². The van der Waals surface area contributed by atoms with E-state index in [1.165, 1.54) is 0 Å². The minimum atomic E-state index is -0.799. The molecule has 7 heteroatoms. The summed E-state index contributed by atoms with van der Waals surface area (Å²) in [6.45, 7) is 3.88. The van der Waals surface area contributed by atoms with Crippen LogP contribution >= 0.6 is 0 Å². The van der Waals surface area contributed by atoms with Crippen molar-refractivity contribution in [3.8, 4) is 5.75 Å². The Hall–Kier alpha value is -3.61. The molecule has 4 rings (SSSR count). The second-order valence-electron chi connectivity index (χ2n) is 8.67. The highest BCUT2D eigenvalue weighted by Gasteiger charge is 2.57. The van der Waals surface area contributed by atoms with Gasteiger partial charge >= 0.3 is 11.9 Å². The number of carbonyl (C=O) groups is 3. The zero-order valence-corrected chi connectivity index (χ0v) is 20.3. The summed E-state index contributed by atoms with van der Waals surface area (Å²) < 4.78 is 16.0. The number of hydrogen-bond donors (Lipinski definition) is 0. The highest BCUT2D eigenvalue weighted by molar-refractivity contribution is 6.04. The summed E-state index contributed by atoms with van der Waals surface area (Å²) in [5.74, 6) is -2.82. The van der Waals surface area contributed by atoms with Crippen molar-refractivity contribution in [3.05, 3.63) is 72.3 Å². The normalized spacial score (nSPS) is 25.5. The average molecular weight is 478 g/mol. The van der Waals surface area contributed by atoms with Crippen molar-refractivity contribution < 1.29 is 28.6 Å². The zero-order valence-electron chi connectivity index (χ0n) is 20.3. The minimum absolute atomic E-state index is 0.0922. The predicted octanol–water partition coefficient (Wildman–Crippen LogP) is 4.33. The number of hydrogen-bond acceptors (Lipinski definition) is 6. The number of rotatable bonds is 8. The summed E-state index contributed by atoms with van der Waals surface area (Å²) in [6.07, 6.45) is 4.15. The molecule has 184 valence electrons. The first-order valence-corrected chi connectivity index (χ1v) is 12.0. The average Bonchev–Trinajstić information content (AvgIpc) is 2.88. The van der Waals surface area contributed by atoms with Crippen LogP contribution in [0.15, 0.2) is 66.7 Å². The van der Waals surface area contributed by atoms with Gasteiger partial charge in [0.15, 0.2) is 0 Å². The van der Waals surface area contributed by atoms with E-state index in [2.05, 4.69) is 0 Å². The number of esters is 2. The second-order valence-corrected chi connectivity index (χ2v) is 8.67. The predicted molar refractivity (Wildman–Crippen MR) is 131 cm³/mol. The topological polar surface area (TPSA) is 82.1 Å². The van der Waals surface area contributed by atoms with Crippen LogP contribution in [0.25, 0.3) is 0 Å². The number of β-lactam (4-membered cyclic amide) rings is 1. The number of methoxy groups -OCH3 is 1. The molecule has 2 aromatic carbocycles. The Morgan fingerprint density at radius 2 is 1.60 bits per heavy atom. The lowest BCUT2D eigenvalue weighted by atomic mass is 9.64. The Bertz CT molecular complexity index is 1080. The second kappa shape index (κ2) is 10.8. The third-order valence-electron chi connectivity index (χ3n) is 6.79. The Balaban J connectivity index is 1.75.